The van der Waals surface area contributed by atoms with Crippen molar-refractivity contribution in [2.45, 2.75) is 11.1 Å². The second kappa shape index (κ2) is 7.94. The van der Waals surface area contributed by atoms with Crippen molar-refractivity contribution >= 4 is 55.7 Å². The number of thiophene rings is 1. The van der Waals surface area contributed by atoms with E-state index in [-0.39, 0.29) is 9.77 Å². The SMILES string of the molecule is Cc1sc(S(=O)(=O)N2CCSCC2)cc1NC(=O)c1cc2ccccc2oc1=O. The number of nitrogens with zero attached hydrogens (tertiary/aromatic N) is 1. The smallest absolute Gasteiger partial charge is 0.349 e. The van der Waals surface area contributed by atoms with Gasteiger partial charge in [-0.1, -0.05) is 18.2 Å². The molecule has 1 N–H and O–H groups in total. The molecule has 1 aromatic carbocycles. The molecule has 0 bridgehead atoms. The van der Waals surface area contributed by atoms with Gasteiger partial charge in [0.2, 0.25) is 0 Å². The zero-order valence-corrected chi connectivity index (χ0v) is 18.0. The number of rotatable bonds is 4. The molecule has 3 heterocycles. The molecule has 1 aliphatic rings. The zero-order valence-electron chi connectivity index (χ0n) is 15.5. The molecule has 7 nitrogen and oxygen atoms in total. The van der Waals surface area contributed by atoms with Gasteiger partial charge in [-0.05, 0) is 25.1 Å². The fraction of sp³-hybridized carbons (Fsp3) is 0.263. The first-order valence-corrected chi connectivity index (χ1v) is 12.3. The Morgan fingerprint density at radius 1 is 1.17 bits per heavy atom. The topological polar surface area (TPSA) is 96.7 Å². The number of benzene rings is 1. The van der Waals surface area contributed by atoms with E-state index in [1.165, 1.54) is 16.4 Å². The van der Waals surface area contributed by atoms with Crippen molar-refractivity contribution in [3.63, 3.8) is 0 Å². The van der Waals surface area contributed by atoms with E-state index >= 15 is 0 Å². The molecule has 1 fully saturated rings. The fourth-order valence-electron chi connectivity index (χ4n) is 3.03. The summed E-state index contributed by atoms with van der Waals surface area (Å²) in [4.78, 5) is 25.5. The molecule has 152 valence electrons. The molecule has 1 saturated heterocycles. The molecule has 29 heavy (non-hydrogen) atoms. The maximum Gasteiger partial charge on any atom is 0.349 e. The minimum atomic E-state index is -3.59. The molecule has 1 aliphatic heterocycles. The van der Waals surface area contributed by atoms with Crippen molar-refractivity contribution in [2.75, 3.05) is 29.9 Å². The Morgan fingerprint density at radius 2 is 1.90 bits per heavy atom. The molecule has 10 heteroatoms. The van der Waals surface area contributed by atoms with E-state index in [0.717, 1.165) is 22.8 Å². The second-order valence-corrected chi connectivity index (χ2v) is 11.1. The first-order chi connectivity index (χ1) is 13.9. The summed E-state index contributed by atoms with van der Waals surface area (Å²) in [7, 11) is -3.59. The third-order valence-electron chi connectivity index (χ3n) is 4.59. The second-order valence-electron chi connectivity index (χ2n) is 6.49. The lowest BCUT2D eigenvalue weighted by molar-refractivity contribution is 0.102. The average molecular weight is 451 g/mol. The number of hydrogen-bond acceptors (Lipinski definition) is 7. The van der Waals surface area contributed by atoms with E-state index in [9.17, 15) is 18.0 Å². The monoisotopic (exact) mass is 450 g/mol. The van der Waals surface area contributed by atoms with E-state index in [2.05, 4.69) is 5.32 Å². The number of aryl methyl sites for hydroxylation is 1. The van der Waals surface area contributed by atoms with Crippen molar-refractivity contribution < 1.29 is 17.6 Å². The number of carbonyl (C=O) groups excluding carboxylic acids is 1. The highest BCUT2D eigenvalue weighted by atomic mass is 32.2. The summed E-state index contributed by atoms with van der Waals surface area (Å²) in [6, 6.07) is 9.84. The molecule has 0 unspecified atom stereocenters. The summed E-state index contributed by atoms with van der Waals surface area (Å²) in [6.45, 7) is 2.68. The number of sulfonamides is 1. The van der Waals surface area contributed by atoms with Crippen LogP contribution in [0.5, 0.6) is 0 Å². The van der Waals surface area contributed by atoms with Gasteiger partial charge in [-0.3, -0.25) is 4.79 Å². The minimum absolute atomic E-state index is 0.133. The third kappa shape index (κ3) is 3.97. The maximum absolute atomic E-state index is 12.9. The fourth-order valence-corrected chi connectivity index (χ4v) is 7.16. The van der Waals surface area contributed by atoms with Crippen LogP contribution in [-0.4, -0.2) is 43.2 Å². The van der Waals surface area contributed by atoms with Gasteiger partial charge < -0.3 is 9.73 Å². The van der Waals surface area contributed by atoms with Crippen LogP contribution in [0.3, 0.4) is 0 Å². The standard InChI is InChI=1S/C19H18N2O5S3/c1-12-15(11-17(28-12)29(24,25)21-6-8-27-9-7-21)20-18(22)14-10-13-4-2-3-5-16(13)26-19(14)23/h2-5,10-11H,6-9H2,1H3,(H,20,22). The van der Waals surface area contributed by atoms with Crippen LogP contribution in [0.2, 0.25) is 0 Å². The van der Waals surface area contributed by atoms with Crippen LogP contribution in [0.25, 0.3) is 11.0 Å². The first-order valence-electron chi connectivity index (χ1n) is 8.89. The van der Waals surface area contributed by atoms with Crippen LogP contribution in [0.15, 0.2) is 49.8 Å². The minimum Gasteiger partial charge on any atom is -0.422 e. The number of fused-ring (bicyclic) bond motifs is 1. The maximum atomic E-state index is 12.9. The number of anilines is 1. The molecule has 0 radical (unpaired) electrons. The average Bonchev–Trinajstić information content (AvgIpc) is 3.09. The van der Waals surface area contributed by atoms with Gasteiger partial charge in [-0.2, -0.15) is 16.1 Å². The highest BCUT2D eigenvalue weighted by Gasteiger charge is 2.29. The summed E-state index contributed by atoms with van der Waals surface area (Å²) in [6.07, 6.45) is 0. The summed E-state index contributed by atoms with van der Waals surface area (Å²) in [5, 5.41) is 3.28. The van der Waals surface area contributed by atoms with Gasteiger partial charge in [0.05, 0.1) is 5.69 Å². The van der Waals surface area contributed by atoms with Gasteiger partial charge in [-0.15, -0.1) is 11.3 Å². The Bertz CT molecular complexity index is 1240. The molecule has 2 aromatic heterocycles. The van der Waals surface area contributed by atoms with Gasteiger partial charge in [0.15, 0.2) is 0 Å². The normalized spacial score (nSPS) is 15.5. The third-order valence-corrected chi connectivity index (χ3v) is 8.93. The van der Waals surface area contributed by atoms with E-state index in [4.69, 9.17) is 4.42 Å². The van der Waals surface area contributed by atoms with Crippen LogP contribution >= 0.6 is 23.1 Å². The summed E-state index contributed by atoms with van der Waals surface area (Å²) < 4.78 is 32.6. The Kier molecular flexibility index (Phi) is 5.52. The van der Waals surface area contributed by atoms with E-state index in [1.54, 1.807) is 43.0 Å². The van der Waals surface area contributed by atoms with Gasteiger partial charge in [0, 0.05) is 34.9 Å². The molecular formula is C19H18N2O5S3. The zero-order chi connectivity index (χ0) is 20.6. The largest absolute Gasteiger partial charge is 0.422 e. The lowest BCUT2D eigenvalue weighted by Crippen LogP contribution is -2.37. The lowest BCUT2D eigenvalue weighted by atomic mass is 10.2. The highest BCUT2D eigenvalue weighted by molar-refractivity contribution is 7.99. The quantitative estimate of drug-likeness (QED) is 0.614. The Hall–Kier alpha value is -2.14. The number of hydrogen-bond donors (Lipinski definition) is 1. The molecule has 3 aromatic rings. The molecule has 0 aliphatic carbocycles. The van der Waals surface area contributed by atoms with Crippen molar-refractivity contribution in [1.82, 2.24) is 4.31 Å². The van der Waals surface area contributed by atoms with Crippen LogP contribution in [0.1, 0.15) is 15.2 Å². The van der Waals surface area contributed by atoms with Crippen molar-refractivity contribution in [2.24, 2.45) is 0 Å². The number of nitrogens with one attached hydrogen (secondary N) is 1. The molecule has 0 atom stereocenters. The predicted molar refractivity (Wildman–Crippen MR) is 116 cm³/mol. The molecule has 4 rings (SSSR count). The van der Waals surface area contributed by atoms with Crippen LogP contribution in [0.4, 0.5) is 5.69 Å². The van der Waals surface area contributed by atoms with Gasteiger partial charge in [-0.25, -0.2) is 13.2 Å². The van der Waals surface area contributed by atoms with Crippen molar-refractivity contribution in [1.29, 1.82) is 0 Å². The molecule has 1 amide bonds. The number of amides is 1. The predicted octanol–water partition coefficient (Wildman–Crippen LogP) is 3.15. The van der Waals surface area contributed by atoms with E-state index < -0.39 is 21.6 Å². The summed E-state index contributed by atoms with van der Waals surface area (Å²) in [5.41, 5.74) is -0.106. The number of para-hydroxylation sites is 1. The Morgan fingerprint density at radius 3 is 2.66 bits per heavy atom. The van der Waals surface area contributed by atoms with Gasteiger partial charge in [0.1, 0.15) is 15.4 Å². The summed E-state index contributed by atoms with van der Waals surface area (Å²) in [5.74, 6) is 0.902. The van der Waals surface area contributed by atoms with Crippen LogP contribution in [-0.2, 0) is 10.0 Å². The van der Waals surface area contributed by atoms with Gasteiger partial charge in [0.25, 0.3) is 15.9 Å². The Balaban J connectivity index is 1.61. The number of carbonyl (C=O) groups is 1. The lowest BCUT2D eigenvalue weighted by Gasteiger charge is -2.24. The van der Waals surface area contributed by atoms with E-state index in [0.29, 0.717) is 34.6 Å². The summed E-state index contributed by atoms with van der Waals surface area (Å²) >= 11 is 2.83. The first kappa shape index (κ1) is 20.1. The highest BCUT2D eigenvalue weighted by Crippen LogP contribution is 2.32. The molecular weight excluding hydrogens is 432 g/mol. The van der Waals surface area contributed by atoms with E-state index in [1.807, 2.05) is 0 Å². The van der Waals surface area contributed by atoms with Crippen molar-refractivity contribution in [3.8, 4) is 0 Å². The number of thioether (sulfide) groups is 1. The van der Waals surface area contributed by atoms with Crippen molar-refractivity contribution in [3.05, 3.63) is 57.3 Å². The molecule has 0 spiro atoms. The Labute approximate surface area is 175 Å². The van der Waals surface area contributed by atoms with Gasteiger partial charge >= 0.3 is 5.63 Å². The van der Waals surface area contributed by atoms with Crippen LogP contribution < -0.4 is 10.9 Å². The van der Waals surface area contributed by atoms with Crippen LogP contribution in [0, 0.1) is 6.92 Å². The molecule has 0 saturated carbocycles.